The van der Waals surface area contributed by atoms with E-state index in [2.05, 4.69) is 26.2 Å². The van der Waals surface area contributed by atoms with Crippen molar-refractivity contribution in [1.82, 2.24) is 4.98 Å². The molecule has 0 aliphatic rings. The molecule has 0 fully saturated rings. The average molecular weight is 414 g/mol. The summed E-state index contributed by atoms with van der Waals surface area (Å²) in [6, 6.07) is 8.02. The standard InChI is InChI=1S/C15H16BrN3O2S2/c1-9(22-7-10-2-4-11(16)5-3-10)14(21)19-15-18-12(8-23-15)6-13(17)20/h2-5,8-9H,6-7H2,1H3,(H2,17,20)(H,18,19,21)/t9-/m1/s1. The topological polar surface area (TPSA) is 85.1 Å². The second kappa shape index (κ2) is 8.47. The summed E-state index contributed by atoms with van der Waals surface area (Å²) in [4.78, 5) is 27.2. The van der Waals surface area contributed by atoms with Gasteiger partial charge in [-0.05, 0) is 24.6 Å². The van der Waals surface area contributed by atoms with Crippen LogP contribution in [0.4, 0.5) is 5.13 Å². The Hall–Kier alpha value is -1.38. The number of nitrogens with zero attached hydrogens (tertiary/aromatic N) is 1. The van der Waals surface area contributed by atoms with Crippen LogP contribution in [0, 0.1) is 0 Å². The molecule has 5 nitrogen and oxygen atoms in total. The second-order valence-corrected chi connectivity index (χ2v) is 7.96. The van der Waals surface area contributed by atoms with Crippen LogP contribution in [-0.2, 0) is 21.8 Å². The van der Waals surface area contributed by atoms with Crippen LogP contribution in [0.5, 0.6) is 0 Å². The molecule has 2 rings (SSSR count). The Bertz CT molecular complexity index is 688. The number of hydrogen-bond donors (Lipinski definition) is 2. The zero-order valence-corrected chi connectivity index (χ0v) is 15.6. The number of thiazole rings is 1. The van der Waals surface area contributed by atoms with E-state index < -0.39 is 5.91 Å². The number of primary amides is 1. The normalized spacial score (nSPS) is 11.9. The predicted octanol–water partition coefficient (Wildman–Crippen LogP) is 3.19. The van der Waals surface area contributed by atoms with E-state index in [1.54, 1.807) is 17.1 Å². The molecule has 0 bridgehead atoms. The van der Waals surface area contributed by atoms with Gasteiger partial charge in [-0.15, -0.1) is 23.1 Å². The van der Waals surface area contributed by atoms with Crippen molar-refractivity contribution in [2.24, 2.45) is 5.73 Å². The molecule has 0 radical (unpaired) electrons. The van der Waals surface area contributed by atoms with Gasteiger partial charge in [-0.3, -0.25) is 9.59 Å². The highest BCUT2D eigenvalue weighted by Gasteiger charge is 2.15. The smallest absolute Gasteiger partial charge is 0.238 e. The lowest BCUT2D eigenvalue weighted by Gasteiger charge is -2.10. The van der Waals surface area contributed by atoms with Gasteiger partial charge in [-0.25, -0.2) is 4.98 Å². The van der Waals surface area contributed by atoms with Gasteiger partial charge < -0.3 is 11.1 Å². The number of hydrogen-bond acceptors (Lipinski definition) is 5. The van der Waals surface area contributed by atoms with Crippen molar-refractivity contribution in [3.63, 3.8) is 0 Å². The highest BCUT2D eigenvalue weighted by Crippen LogP contribution is 2.22. The summed E-state index contributed by atoms with van der Waals surface area (Å²) in [6.07, 6.45) is 0.0836. The molecular formula is C15H16BrN3O2S2. The van der Waals surface area contributed by atoms with Crippen LogP contribution in [0.15, 0.2) is 34.1 Å². The van der Waals surface area contributed by atoms with Crippen LogP contribution >= 0.6 is 39.0 Å². The quantitative estimate of drug-likeness (QED) is 0.729. The SMILES string of the molecule is C[C@@H](SCc1ccc(Br)cc1)C(=O)Nc1nc(CC(N)=O)cs1. The lowest BCUT2D eigenvalue weighted by molar-refractivity contribution is -0.117. The molecule has 3 N–H and O–H groups in total. The van der Waals surface area contributed by atoms with E-state index in [4.69, 9.17) is 5.73 Å². The molecule has 0 aliphatic heterocycles. The zero-order valence-electron chi connectivity index (χ0n) is 12.4. The van der Waals surface area contributed by atoms with Gasteiger partial charge in [0, 0.05) is 15.6 Å². The highest BCUT2D eigenvalue weighted by atomic mass is 79.9. The maximum Gasteiger partial charge on any atom is 0.238 e. The van der Waals surface area contributed by atoms with Crippen molar-refractivity contribution >= 4 is 56.0 Å². The molecule has 0 saturated carbocycles. The predicted molar refractivity (Wildman–Crippen MR) is 98.5 cm³/mol. The highest BCUT2D eigenvalue weighted by molar-refractivity contribution is 9.10. The summed E-state index contributed by atoms with van der Waals surface area (Å²) in [6.45, 7) is 1.86. The Morgan fingerprint density at radius 3 is 2.74 bits per heavy atom. The first-order valence-electron chi connectivity index (χ1n) is 6.83. The van der Waals surface area contributed by atoms with Gasteiger partial charge in [0.25, 0.3) is 0 Å². The number of aromatic nitrogens is 1. The summed E-state index contributed by atoms with van der Waals surface area (Å²) in [7, 11) is 0. The number of thioether (sulfide) groups is 1. The van der Waals surface area contributed by atoms with Gasteiger partial charge in [0.15, 0.2) is 5.13 Å². The zero-order chi connectivity index (χ0) is 16.8. The minimum atomic E-state index is -0.438. The van der Waals surface area contributed by atoms with Crippen molar-refractivity contribution in [2.75, 3.05) is 5.32 Å². The molecule has 0 aliphatic carbocycles. The number of halogens is 1. The van der Waals surface area contributed by atoms with Crippen molar-refractivity contribution in [1.29, 1.82) is 0 Å². The van der Waals surface area contributed by atoms with Gasteiger partial charge in [0.05, 0.1) is 17.4 Å². The first kappa shape index (κ1) is 18.0. The summed E-state index contributed by atoms with van der Waals surface area (Å²) < 4.78 is 1.03. The van der Waals surface area contributed by atoms with Crippen LogP contribution in [0.3, 0.4) is 0 Å². The van der Waals surface area contributed by atoms with Crippen LogP contribution in [-0.4, -0.2) is 22.0 Å². The van der Waals surface area contributed by atoms with Crippen LogP contribution in [0.25, 0.3) is 0 Å². The third-order valence-electron chi connectivity index (χ3n) is 2.92. The van der Waals surface area contributed by atoms with E-state index in [1.807, 2.05) is 31.2 Å². The molecule has 2 aromatic rings. The van der Waals surface area contributed by atoms with Gasteiger partial charge in [0.1, 0.15) is 0 Å². The number of amides is 2. The molecule has 1 atom stereocenters. The number of carbonyl (C=O) groups excluding carboxylic acids is 2. The fourth-order valence-corrected chi connectivity index (χ4v) is 3.53. The lowest BCUT2D eigenvalue weighted by Crippen LogP contribution is -2.22. The molecule has 0 saturated heterocycles. The fourth-order valence-electron chi connectivity index (χ4n) is 1.71. The molecular weight excluding hydrogens is 398 g/mol. The molecule has 23 heavy (non-hydrogen) atoms. The van der Waals surface area contributed by atoms with E-state index in [-0.39, 0.29) is 17.6 Å². The summed E-state index contributed by atoms with van der Waals surface area (Å²) >= 11 is 6.24. The number of rotatable bonds is 7. The molecule has 122 valence electrons. The molecule has 0 spiro atoms. The number of nitrogens with two attached hydrogens (primary N) is 1. The van der Waals surface area contributed by atoms with Gasteiger partial charge in [-0.2, -0.15) is 0 Å². The summed E-state index contributed by atoms with van der Waals surface area (Å²) in [5.41, 5.74) is 6.86. The Kier molecular flexibility index (Phi) is 6.61. The molecule has 1 heterocycles. The van der Waals surface area contributed by atoms with Crippen LogP contribution < -0.4 is 11.1 Å². The molecule has 8 heteroatoms. The van der Waals surface area contributed by atoms with Crippen molar-refractivity contribution in [3.05, 3.63) is 45.4 Å². The average Bonchev–Trinajstić information content (AvgIpc) is 2.92. The minimum absolute atomic E-state index is 0.0836. The molecule has 2 amide bonds. The lowest BCUT2D eigenvalue weighted by atomic mass is 10.2. The maximum atomic E-state index is 12.2. The van der Waals surface area contributed by atoms with E-state index in [1.165, 1.54) is 11.3 Å². The van der Waals surface area contributed by atoms with Crippen LogP contribution in [0.1, 0.15) is 18.2 Å². The third kappa shape index (κ3) is 5.96. The van der Waals surface area contributed by atoms with E-state index in [0.717, 1.165) is 15.8 Å². The maximum absolute atomic E-state index is 12.2. The second-order valence-electron chi connectivity index (χ2n) is 4.86. The van der Waals surface area contributed by atoms with Gasteiger partial charge >= 0.3 is 0 Å². The number of benzene rings is 1. The van der Waals surface area contributed by atoms with E-state index in [0.29, 0.717) is 10.8 Å². The first-order chi connectivity index (χ1) is 10.9. The molecule has 1 aromatic heterocycles. The molecule has 1 aromatic carbocycles. The van der Waals surface area contributed by atoms with Gasteiger partial charge in [-0.1, -0.05) is 28.1 Å². The summed E-state index contributed by atoms with van der Waals surface area (Å²) in [5.74, 6) is 0.214. The van der Waals surface area contributed by atoms with E-state index in [9.17, 15) is 9.59 Å². The van der Waals surface area contributed by atoms with Crippen molar-refractivity contribution in [3.8, 4) is 0 Å². The minimum Gasteiger partial charge on any atom is -0.369 e. The Labute approximate surface area is 151 Å². The number of carbonyl (C=O) groups is 2. The van der Waals surface area contributed by atoms with E-state index >= 15 is 0 Å². The Balaban J connectivity index is 1.83. The summed E-state index contributed by atoms with van der Waals surface area (Å²) in [5, 5.41) is 4.77. The number of nitrogens with one attached hydrogen (secondary N) is 1. The number of anilines is 1. The third-order valence-corrected chi connectivity index (χ3v) is 5.47. The van der Waals surface area contributed by atoms with Crippen molar-refractivity contribution < 1.29 is 9.59 Å². The monoisotopic (exact) mass is 413 g/mol. The van der Waals surface area contributed by atoms with Gasteiger partial charge in [0.2, 0.25) is 11.8 Å². The Morgan fingerprint density at radius 1 is 1.39 bits per heavy atom. The first-order valence-corrected chi connectivity index (χ1v) is 9.56. The fraction of sp³-hybridized carbons (Fsp3) is 0.267. The largest absolute Gasteiger partial charge is 0.369 e. The molecule has 0 unspecified atom stereocenters. The Morgan fingerprint density at radius 2 is 2.09 bits per heavy atom. The van der Waals surface area contributed by atoms with Crippen LogP contribution in [0.2, 0.25) is 0 Å². The van der Waals surface area contributed by atoms with Crippen molar-refractivity contribution in [2.45, 2.75) is 24.3 Å².